The molecule has 1 aliphatic carbocycles. The van der Waals surface area contributed by atoms with Gasteiger partial charge in [-0.25, -0.2) is 0 Å². The smallest absolute Gasteiger partial charge is 0.289 e. The zero-order chi connectivity index (χ0) is 17.9. The first-order valence-corrected chi connectivity index (χ1v) is 9.22. The fraction of sp³-hybridized carbons (Fsp3) is 0. The lowest BCUT2D eigenvalue weighted by molar-refractivity contribution is 0.0976. The summed E-state index contributed by atoms with van der Waals surface area (Å²) in [5, 5.41) is 0. The van der Waals surface area contributed by atoms with Crippen LogP contribution in [0.4, 0.5) is 0 Å². The van der Waals surface area contributed by atoms with Crippen molar-refractivity contribution in [1.29, 1.82) is 0 Å². The molecular formula is C14H9ClO8S2. The Balaban J connectivity index is 0.00000225. The van der Waals surface area contributed by atoms with Gasteiger partial charge in [0.2, 0.25) is 0 Å². The average Bonchev–Trinajstić information content (AvgIpc) is 2.49. The molecule has 0 bridgehead atoms. The van der Waals surface area contributed by atoms with E-state index >= 15 is 0 Å². The number of carbonyl (C=O) groups excluding carboxylic acids is 2. The summed E-state index contributed by atoms with van der Waals surface area (Å²) < 4.78 is 64.7. The number of ketones is 2. The zero-order valence-electron chi connectivity index (χ0n) is 12.0. The Morgan fingerprint density at radius 3 is 1.68 bits per heavy atom. The largest absolute Gasteiger partial charge is 0.296 e. The van der Waals surface area contributed by atoms with Crippen molar-refractivity contribution in [2.24, 2.45) is 0 Å². The monoisotopic (exact) mass is 404 g/mol. The zero-order valence-corrected chi connectivity index (χ0v) is 14.5. The lowest BCUT2D eigenvalue weighted by atomic mass is 9.84. The van der Waals surface area contributed by atoms with E-state index < -0.39 is 47.2 Å². The number of hydrogen-bond acceptors (Lipinski definition) is 6. The van der Waals surface area contributed by atoms with E-state index in [4.69, 9.17) is 0 Å². The van der Waals surface area contributed by atoms with E-state index in [-0.39, 0.29) is 29.1 Å². The lowest BCUT2D eigenvalue weighted by Gasteiger charge is -2.20. The Bertz CT molecular complexity index is 1130. The molecule has 0 spiro atoms. The van der Waals surface area contributed by atoms with Crippen molar-refractivity contribution in [2.45, 2.75) is 9.79 Å². The Kier molecular flexibility index (Phi) is 4.61. The van der Waals surface area contributed by atoms with Gasteiger partial charge in [0, 0.05) is 16.7 Å². The van der Waals surface area contributed by atoms with Gasteiger partial charge in [-0.1, -0.05) is 24.3 Å². The number of benzene rings is 2. The molecule has 3 rings (SSSR count). The van der Waals surface area contributed by atoms with Crippen molar-refractivity contribution in [2.75, 3.05) is 0 Å². The van der Waals surface area contributed by atoms with Gasteiger partial charge in [0.25, 0.3) is 20.2 Å². The van der Waals surface area contributed by atoms with Gasteiger partial charge in [0.05, 0.1) is 5.56 Å². The van der Waals surface area contributed by atoms with Crippen LogP contribution >= 0.6 is 12.4 Å². The molecule has 2 aromatic rings. The molecule has 0 amide bonds. The summed E-state index contributed by atoms with van der Waals surface area (Å²) in [6, 6.07) is 7.15. The van der Waals surface area contributed by atoms with Gasteiger partial charge < -0.3 is 0 Å². The highest BCUT2D eigenvalue weighted by molar-refractivity contribution is 7.89. The van der Waals surface area contributed by atoms with Crippen LogP contribution in [0.25, 0.3) is 0 Å². The first-order valence-electron chi connectivity index (χ1n) is 6.34. The maximum absolute atomic E-state index is 12.6. The van der Waals surface area contributed by atoms with E-state index in [9.17, 15) is 35.5 Å². The van der Waals surface area contributed by atoms with Crippen LogP contribution in [0.3, 0.4) is 0 Å². The summed E-state index contributed by atoms with van der Waals surface area (Å²) in [6.45, 7) is 0. The SMILES string of the molecule is Cl.O=C1c2ccccc2C(=O)c2c1ccc(S(=O)(=O)O)c2S(=O)(=O)O. The van der Waals surface area contributed by atoms with E-state index in [1.165, 1.54) is 24.3 Å². The molecule has 0 saturated carbocycles. The van der Waals surface area contributed by atoms with Gasteiger partial charge in [-0.05, 0) is 12.1 Å². The molecule has 0 heterocycles. The molecule has 0 saturated heterocycles. The number of fused-ring (bicyclic) bond motifs is 2. The number of rotatable bonds is 2. The summed E-state index contributed by atoms with van der Waals surface area (Å²) >= 11 is 0. The molecule has 11 heteroatoms. The third-order valence-corrected chi connectivity index (χ3v) is 5.51. The van der Waals surface area contributed by atoms with Crippen molar-refractivity contribution in [3.8, 4) is 0 Å². The van der Waals surface area contributed by atoms with Gasteiger partial charge in [-0.2, -0.15) is 16.8 Å². The molecule has 0 aromatic heterocycles. The van der Waals surface area contributed by atoms with Crippen molar-refractivity contribution < 1.29 is 35.5 Å². The van der Waals surface area contributed by atoms with Crippen LogP contribution in [0.15, 0.2) is 46.2 Å². The fourth-order valence-electron chi connectivity index (χ4n) is 2.60. The Labute approximate surface area is 148 Å². The molecule has 2 aromatic carbocycles. The second-order valence-electron chi connectivity index (χ2n) is 4.97. The third-order valence-electron chi connectivity index (χ3n) is 3.55. The minimum absolute atomic E-state index is 0. The molecular weight excluding hydrogens is 396 g/mol. The molecule has 0 unspecified atom stereocenters. The highest BCUT2D eigenvalue weighted by Crippen LogP contribution is 2.35. The van der Waals surface area contributed by atoms with Crippen molar-refractivity contribution >= 4 is 44.2 Å². The molecule has 0 fully saturated rings. The highest BCUT2D eigenvalue weighted by atomic mass is 35.5. The molecule has 0 atom stereocenters. The minimum Gasteiger partial charge on any atom is -0.289 e. The van der Waals surface area contributed by atoms with Crippen LogP contribution in [-0.4, -0.2) is 37.5 Å². The van der Waals surface area contributed by atoms with Crippen LogP contribution in [0, 0.1) is 0 Å². The van der Waals surface area contributed by atoms with Gasteiger partial charge in [0.15, 0.2) is 11.6 Å². The van der Waals surface area contributed by atoms with E-state index in [1.54, 1.807) is 0 Å². The number of hydrogen-bond donors (Lipinski definition) is 2. The number of carbonyl (C=O) groups is 2. The van der Waals surface area contributed by atoms with Crippen molar-refractivity contribution in [3.63, 3.8) is 0 Å². The summed E-state index contributed by atoms with van der Waals surface area (Å²) in [4.78, 5) is 22.6. The predicted molar refractivity (Wildman–Crippen MR) is 86.6 cm³/mol. The summed E-state index contributed by atoms with van der Waals surface area (Å²) in [7, 11) is -10.3. The second kappa shape index (κ2) is 6.00. The number of halogens is 1. The lowest BCUT2D eigenvalue weighted by Crippen LogP contribution is -2.25. The average molecular weight is 405 g/mol. The molecule has 1 aliphatic rings. The topological polar surface area (TPSA) is 143 Å². The predicted octanol–water partition coefficient (Wildman–Crippen LogP) is 1.38. The van der Waals surface area contributed by atoms with Gasteiger partial charge in [-0.3, -0.25) is 18.7 Å². The van der Waals surface area contributed by atoms with E-state index in [0.29, 0.717) is 6.07 Å². The molecule has 0 aliphatic heterocycles. The van der Waals surface area contributed by atoms with E-state index in [2.05, 4.69) is 0 Å². The van der Waals surface area contributed by atoms with Gasteiger partial charge >= 0.3 is 0 Å². The van der Waals surface area contributed by atoms with Crippen molar-refractivity contribution in [1.82, 2.24) is 0 Å². The Hall–Kier alpha value is -2.11. The first kappa shape index (κ1) is 19.2. The normalized spacial score (nSPS) is 13.7. The fourth-order valence-corrected chi connectivity index (χ4v) is 4.59. The molecule has 2 N–H and O–H groups in total. The van der Waals surface area contributed by atoms with Crippen LogP contribution in [-0.2, 0) is 20.2 Å². The maximum Gasteiger partial charge on any atom is 0.296 e. The summed E-state index contributed by atoms with van der Waals surface area (Å²) in [6.07, 6.45) is 0. The first-order chi connectivity index (χ1) is 11.0. The molecule has 25 heavy (non-hydrogen) atoms. The van der Waals surface area contributed by atoms with Gasteiger partial charge in [0.1, 0.15) is 9.79 Å². The van der Waals surface area contributed by atoms with Crippen molar-refractivity contribution in [3.05, 3.63) is 58.7 Å². The van der Waals surface area contributed by atoms with E-state index in [1.807, 2.05) is 0 Å². The second-order valence-corrected chi connectivity index (χ2v) is 7.72. The maximum atomic E-state index is 12.6. The standard InChI is InChI=1S/C14H8O8S2.ClH/c15-12-7-3-1-2-4-8(7)13(16)11-9(12)5-6-10(23(17,18)19)14(11)24(20,21)22;/h1-6H,(H,17,18,19)(H,20,21,22);1H. The third kappa shape index (κ3) is 2.98. The van der Waals surface area contributed by atoms with Crippen LogP contribution in [0.1, 0.15) is 31.8 Å². The Morgan fingerprint density at radius 1 is 0.680 bits per heavy atom. The van der Waals surface area contributed by atoms with Crippen LogP contribution in [0.2, 0.25) is 0 Å². The molecule has 8 nitrogen and oxygen atoms in total. The Morgan fingerprint density at radius 2 is 1.20 bits per heavy atom. The van der Waals surface area contributed by atoms with Crippen LogP contribution < -0.4 is 0 Å². The summed E-state index contributed by atoms with van der Waals surface area (Å²) in [5.74, 6) is -1.65. The molecule has 132 valence electrons. The quantitative estimate of drug-likeness (QED) is 0.609. The van der Waals surface area contributed by atoms with Crippen LogP contribution in [0.5, 0.6) is 0 Å². The molecule has 0 radical (unpaired) electrons. The highest BCUT2D eigenvalue weighted by Gasteiger charge is 2.38. The van der Waals surface area contributed by atoms with Gasteiger partial charge in [-0.15, -0.1) is 12.4 Å². The summed E-state index contributed by atoms with van der Waals surface area (Å²) in [5.41, 5.74) is -1.27. The van der Waals surface area contributed by atoms with E-state index in [0.717, 1.165) is 6.07 Å². The minimum atomic E-state index is -5.23.